The molecule has 0 radical (unpaired) electrons. The molecule has 1 aromatic carbocycles. The summed E-state index contributed by atoms with van der Waals surface area (Å²) in [5.41, 5.74) is 2.93. The lowest BCUT2D eigenvalue weighted by atomic mass is 9.68. The first-order valence-electron chi connectivity index (χ1n) is 8.77. The lowest BCUT2D eigenvalue weighted by Crippen LogP contribution is -2.54. The molecule has 2 aliphatic rings. The first-order valence-corrected chi connectivity index (χ1v) is 8.77. The third-order valence-corrected chi connectivity index (χ3v) is 5.93. The molecular weight excluding hydrogens is 270 g/mol. The van der Waals surface area contributed by atoms with Crippen LogP contribution < -0.4 is 0 Å². The number of amides is 1. The Kier molecular flexibility index (Phi) is 3.82. The molecule has 1 aliphatic heterocycles. The summed E-state index contributed by atoms with van der Waals surface area (Å²) in [6, 6.07) is 8.92. The quantitative estimate of drug-likeness (QED) is 0.661. The molecule has 1 amide bonds. The molecule has 0 unspecified atom stereocenters. The third-order valence-electron chi connectivity index (χ3n) is 5.93. The van der Waals surface area contributed by atoms with Crippen molar-refractivity contribution in [1.29, 1.82) is 0 Å². The van der Waals surface area contributed by atoms with Crippen LogP contribution in [0.25, 0.3) is 0 Å². The van der Waals surface area contributed by atoms with Crippen molar-refractivity contribution in [2.24, 2.45) is 0 Å². The molecule has 2 heteroatoms. The summed E-state index contributed by atoms with van der Waals surface area (Å²) in [6.45, 7) is 8.70. The van der Waals surface area contributed by atoms with E-state index in [0.717, 1.165) is 19.3 Å². The molecule has 1 aliphatic carbocycles. The summed E-state index contributed by atoms with van der Waals surface area (Å²) < 4.78 is 0. The molecule has 1 aromatic rings. The average molecular weight is 299 g/mol. The molecule has 22 heavy (non-hydrogen) atoms. The normalized spacial score (nSPS) is 26.4. The molecule has 0 saturated heterocycles. The van der Waals surface area contributed by atoms with E-state index >= 15 is 0 Å². The summed E-state index contributed by atoms with van der Waals surface area (Å²) in [4.78, 5) is 14.8. The van der Waals surface area contributed by atoms with Crippen molar-refractivity contribution in [3.63, 3.8) is 0 Å². The van der Waals surface area contributed by atoms with E-state index in [1.165, 1.54) is 30.4 Å². The number of nitrogens with zero attached hydrogens (tertiary/aromatic N) is 1. The molecule has 1 spiro atoms. The highest BCUT2D eigenvalue weighted by molar-refractivity contribution is 5.75. The second kappa shape index (κ2) is 5.40. The fraction of sp³-hybridized carbons (Fsp3) is 0.650. The molecule has 120 valence electrons. The van der Waals surface area contributed by atoms with Gasteiger partial charge in [0.05, 0.1) is 6.04 Å². The zero-order valence-corrected chi connectivity index (χ0v) is 14.5. The topological polar surface area (TPSA) is 20.3 Å². The number of carbonyl (C=O) groups excluding carboxylic acids is 1. The predicted octanol–water partition coefficient (Wildman–Crippen LogP) is 4.98. The minimum atomic E-state index is 0.0476. The second-order valence-corrected chi connectivity index (χ2v) is 8.00. The number of hydrogen-bond donors (Lipinski definition) is 0. The Labute approximate surface area is 134 Å². The van der Waals surface area contributed by atoms with Crippen LogP contribution in [0, 0.1) is 0 Å². The standard InChI is InChI=1S/C20H29NO/c1-15-17-10-6-7-11-18(17)19(3,4)14-20(21(15)16(2)22)12-8-5-9-13-20/h6-7,10-11,15H,5,8-9,12-14H2,1-4H3/t15-/m1/s1. The van der Waals surface area contributed by atoms with Crippen molar-refractivity contribution < 1.29 is 4.79 Å². The van der Waals surface area contributed by atoms with E-state index in [1.807, 2.05) is 0 Å². The minimum absolute atomic E-state index is 0.0476. The molecule has 1 atom stereocenters. The zero-order valence-electron chi connectivity index (χ0n) is 14.5. The predicted molar refractivity (Wildman–Crippen MR) is 90.8 cm³/mol. The summed E-state index contributed by atoms with van der Waals surface area (Å²) in [6.07, 6.45) is 7.23. The van der Waals surface area contributed by atoms with Gasteiger partial charge in [0.15, 0.2) is 0 Å². The number of hydrogen-bond acceptors (Lipinski definition) is 1. The third kappa shape index (κ3) is 2.37. The highest BCUT2D eigenvalue weighted by atomic mass is 16.2. The van der Waals surface area contributed by atoms with E-state index in [2.05, 4.69) is 49.9 Å². The first kappa shape index (κ1) is 15.6. The maximum absolute atomic E-state index is 12.6. The van der Waals surface area contributed by atoms with Gasteiger partial charge in [-0.25, -0.2) is 0 Å². The van der Waals surface area contributed by atoms with Gasteiger partial charge in [0.1, 0.15) is 0 Å². The van der Waals surface area contributed by atoms with E-state index in [4.69, 9.17) is 0 Å². The second-order valence-electron chi connectivity index (χ2n) is 8.00. The lowest BCUT2D eigenvalue weighted by molar-refractivity contribution is -0.141. The highest BCUT2D eigenvalue weighted by Crippen LogP contribution is 2.50. The van der Waals surface area contributed by atoms with Crippen LogP contribution in [-0.4, -0.2) is 16.3 Å². The SMILES string of the molecule is CC(=O)N1[C@H](C)c2ccccc2C(C)(C)CC12CCCCC2. The van der Waals surface area contributed by atoms with E-state index in [-0.39, 0.29) is 22.9 Å². The van der Waals surface area contributed by atoms with E-state index in [9.17, 15) is 4.79 Å². The van der Waals surface area contributed by atoms with Gasteiger partial charge in [-0.05, 0) is 42.7 Å². The van der Waals surface area contributed by atoms with Gasteiger partial charge < -0.3 is 4.90 Å². The Morgan fingerprint density at radius 2 is 1.77 bits per heavy atom. The number of fused-ring (bicyclic) bond motifs is 1. The van der Waals surface area contributed by atoms with Crippen LogP contribution in [0.3, 0.4) is 0 Å². The van der Waals surface area contributed by atoms with Crippen LogP contribution in [-0.2, 0) is 10.2 Å². The lowest BCUT2D eigenvalue weighted by Gasteiger charge is -2.49. The van der Waals surface area contributed by atoms with Crippen molar-refractivity contribution in [3.05, 3.63) is 35.4 Å². The largest absolute Gasteiger partial charge is 0.330 e. The van der Waals surface area contributed by atoms with Crippen molar-refractivity contribution in [2.45, 2.75) is 83.2 Å². The van der Waals surface area contributed by atoms with Crippen LogP contribution in [0.15, 0.2) is 24.3 Å². The zero-order chi connectivity index (χ0) is 16.0. The molecule has 3 rings (SSSR count). The van der Waals surface area contributed by atoms with E-state index < -0.39 is 0 Å². The summed E-state index contributed by atoms with van der Waals surface area (Å²) >= 11 is 0. The van der Waals surface area contributed by atoms with Gasteiger partial charge in [-0.3, -0.25) is 4.79 Å². The summed E-state index contributed by atoms with van der Waals surface area (Å²) in [5, 5.41) is 0. The molecule has 0 aromatic heterocycles. The fourth-order valence-electron chi connectivity index (χ4n) is 5.26. The number of rotatable bonds is 0. The number of carbonyl (C=O) groups is 1. The molecular formula is C20H29NO. The molecule has 0 N–H and O–H groups in total. The van der Waals surface area contributed by atoms with Crippen LogP contribution in [0.1, 0.15) is 83.4 Å². The Bertz CT molecular complexity index is 569. The Morgan fingerprint density at radius 1 is 1.14 bits per heavy atom. The van der Waals surface area contributed by atoms with Crippen LogP contribution in [0.2, 0.25) is 0 Å². The van der Waals surface area contributed by atoms with E-state index in [0.29, 0.717) is 0 Å². The maximum Gasteiger partial charge on any atom is 0.220 e. The smallest absolute Gasteiger partial charge is 0.220 e. The molecule has 1 fully saturated rings. The number of benzene rings is 1. The van der Waals surface area contributed by atoms with Crippen LogP contribution in [0.4, 0.5) is 0 Å². The van der Waals surface area contributed by atoms with Crippen molar-refractivity contribution in [1.82, 2.24) is 4.90 Å². The summed E-state index contributed by atoms with van der Waals surface area (Å²) in [5.74, 6) is 0.238. The van der Waals surface area contributed by atoms with E-state index in [1.54, 1.807) is 6.92 Å². The molecule has 1 saturated carbocycles. The van der Waals surface area contributed by atoms with Crippen LogP contribution >= 0.6 is 0 Å². The maximum atomic E-state index is 12.6. The van der Waals surface area contributed by atoms with Gasteiger partial charge in [0.25, 0.3) is 0 Å². The summed E-state index contributed by atoms with van der Waals surface area (Å²) in [7, 11) is 0. The highest BCUT2D eigenvalue weighted by Gasteiger charge is 2.48. The van der Waals surface area contributed by atoms with Gasteiger partial charge in [-0.2, -0.15) is 0 Å². The van der Waals surface area contributed by atoms with Crippen molar-refractivity contribution in [2.75, 3.05) is 0 Å². The van der Waals surface area contributed by atoms with Gasteiger partial charge in [-0.15, -0.1) is 0 Å². The Morgan fingerprint density at radius 3 is 2.41 bits per heavy atom. The molecule has 1 heterocycles. The van der Waals surface area contributed by atoms with Gasteiger partial charge in [0.2, 0.25) is 5.91 Å². The first-order chi connectivity index (χ1) is 10.4. The minimum Gasteiger partial charge on any atom is -0.330 e. The van der Waals surface area contributed by atoms with Crippen molar-refractivity contribution in [3.8, 4) is 0 Å². The van der Waals surface area contributed by atoms with Gasteiger partial charge >= 0.3 is 0 Å². The molecule has 2 nitrogen and oxygen atoms in total. The van der Waals surface area contributed by atoms with Crippen molar-refractivity contribution >= 4 is 5.91 Å². The monoisotopic (exact) mass is 299 g/mol. The Balaban J connectivity index is 2.17. The molecule has 0 bridgehead atoms. The van der Waals surface area contributed by atoms with Gasteiger partial charge in [0, 0.05) is 12.5 Å². The van der Waals surface area contributed by atoms with Crippen LogP contribution in [0.5, 0.6) is 0 Å². The Hall–Kier alpha value is -1.31. The average Bonchev–Trinajstić information content (AvgIpc) is 2.53. The fourth-order valence-corrected chi connectivity index (χ4v) is 5.26. The van der Waals surface area contributed by atoms with Gasteiger partial charge in [-0.1, -0.05) is 57.4 Å².